The van der Waals surface area contributed by atoms with Gasteiger partial charge in [0, 0.05) is 22.7 Å². The topological polar surface area (TPSA) is 107 Å². The number of anilines is 1. The minimum Gasteiger partial charge on any atom is -0.494 e. The van der Waals surface area contributed by atoms with E-state index in [9.17, 15) is 14.9 Å². The molecule has 0 aliphatic carbocycles. The van der Waals surface area contributed by atoms with Crippen molar-refractivity contribution in [3.63, 3.8) is 0 Å². The van der Waals surface area contributed by atoms with E-state index in [1.165, 1.54) is 37.5 Å². The van der Waals surface area contributed by atoms with E-state index in [1.54, 1.807) is 24.3 Å². The van der Waals surface area contributed by atoms with Crippen molar-refractivity contribution in [2.75, 3.05) is 12.4 Å². The van der Waals surface area contributed by atoms with Crippen LogP contribution < -0.4 is 15.4 Å². The van der Waals surface area contributed by atoms with Gasteiger partial charge in [-0.2, -0.15) is 0 Å². The number of carbonyl (C=O) groups is 1. The van der Waals surface area contributed by atoms with Crippen molar-refractivity contribution >= 4 is 52.3 Å². The Morgan fingerprint density at radius 3 is 2.61 bits per heavy atom. The summed E-state index contributed by atoms with van der Waals surface area (Å²) in [7, 11) is 1.37. The zero-order valence-electron chi connectivity index (χ0n) is 16.1. The van der Waals surface area contributed by atoms with Crippen LogP contribution in [0, 0.1) is 10.1 Å². The van der Waals surface area contributed by atoms with E-state index >= 15 is 0 Å². The molecule has 31 heavy (non-hydrogen) atoms. The van der Waals surface area contributed by atoms with Crippen molar-refractivity contribution in [2.24, 2.45) is 0 Å². The number of methoxy groups -OCH3 is 1. The Balaban J connectivity index is 1.59. The Kier molecular flexibility index (Phi) is 7.01. The SMILES string of the molecule is COc1cc([N+](=O)[O-])ccc1NC(=S)NC(=O)C=Cc1ccc(-c2ccc(Cl)cc2)o1. The van der Waals surface area contributed by atoms with Crippen LogP contribution in [0.5, 0.6) is 5.75 Å². The first kappa shape index (κ1) is 22.0. The van der Waals surface area contributed by atoms with Gasteiger partial charge in [0.15, 0.2) is 5.11 Å². The molecular weight excluding hydrogens is 442 g/mol. The van der Waals surface area contributed by atoms with Gasteiger partial charge < -0.3 is 14.5 Å². The van der Waals surface area contributed by atoms with Crippen LogP contribution in [0.3, 0.4) is 0 Å². The van der Waals surface area contributed by atoms with Crippen LogP contribution in [0.15, 0.2) is 65.1 Å². The fourth-order valence-corrected chi connectivity index (χ4v) is 2.91. The van der Waals surface area contributed by atoms with Gasteiger partial charge in [-0.05, 0) is 60.8 Å². The third kappa shape index (κ3) is 5.91. The van der Waals surface area contributed by atoms with Crippen molar-refractivity contribution in [3.8, 4) is 17.1 Å². The third-order valence-electron chi connectivity index (χ3n) is 4.04. The molecular formula is C21H16ClN3O5S. The van der Waals surface area contributed by atoms with Gasteiger partial charge in [-0.3, -0.25) is 20.2 Å². The summed E-state index contributed by atoms with van der Waals surface area (Å²) in [5.41, 5.74) is 1.11. The van der Waals surface area contributed by atoms with Crippen LogP contribution in [-0.4, -0.2) is 23.1 Å². The average molecular weight is 458 g/mol. The van der Waals surface area contributed by atoms with Gasteiger partial charge in [0.2, 0.25) is 5.91 Å². The lowest BCUT2D eigenvalue weighted by Gasteiger charge is -2.11. The molecule has 3 rings (SSSR count). The molecule has 10 heteroatoms. The molecule has 0 fully saturated rings. The summed E-state index contributed by atoms with van der Waals surface area (Å²) in [6.45, 7) is 0. The molecule has 2 aromatic carbocycles. The van der Waals surface area contributed by atoms with E-state index in [0.717, 1.165) is 5.56 Å². The molecule has 0 saturated carbocycles. The molecule has 3 aromatic rings. The highest BCUT2D eigenvalue weighted by atomic mass is 35.5. The molecule has 158 valence electrons. The monoisotopic (exact) mass is 457 g/mol. The van der Waals surface area contributed by atoms with Crippen LogP contribution in [-0.2, 0) is 4.79 Å². The number of furan rings is 1. The number of carbonyl (C=O) groups excluding carboxylic acids is 1. The first-order valence-corrected chi connectivity index (χ1v) is 9.62. The summed E-state index contributed by atoms with van der Waals surface area (Å²) in [5, 5.41) is 16.7. The normalized spacial score (nSPS) is 10.6. The molecule has 8 nitrogen and oxygen atoms in total. The number of hydrogen-bond donors (Lipinski definition) is 2. The molecule has 2 N–H and O–H groups in total. The van der Waals surface area contributed by atoms with Crippen molar-refractivity contribution < 1.29 is 18.9 Å². The molecule has 0 aliphatic heterocycles. The summed E-state index contributed by atoms with van der Waals surface area (Å²) in [6.07, 6.45) is 2.77. The predicted molar refractivity (Wildman–Crippen MR) is 122 cm³/mol. The van der Waals surface area contributed by atoms with Crippen LogP contribution in [0.1, 0.15) is 5.76 Å². The largest absolute Gasteiger partial charge is 0.494 e. The lowest BCUT2D eigenvalue weighted by Crippen LogP contribution is -2.32. The fourth-order valence-electron chi connectivity index (χ4n) is 2.57. The Morgan fingerprint density at radius 2 is 1.94 bits per heavy atom. The zero-order valence-corrected chi connectivity index (χ0v) is 17.7. The summed E-state index contributed by atoms with van der Waals surface area (Å²) < 4.78 is 10.8. The summed E-state index contributed by atoms with van der Waals surface area (Å²) in [6, 6.07) is 14.7. The van der Waals surface area contributed by atoms with Crippen molar-refractivity contribution in [2.45, 2.75) is 0 Å². The molecule has 0 radical (unpaired) electrons. The Bertz CT molecular complexity index is 1160. The highest BCUT2D eigenvalue weighted by molar-refractivity contribution is 7.80. The zero-order chi connectivity index (χ0) is 22.4. The molecule has 0 unspecified atom stereocenters. The highest BCUT2D eigenvalue weighted by Crippen LogP contribution is 2.29. The number of thiocarbonyl (C=S) groups is 1. The van der Waals surface area contributed by atoms with Crippen LogP contribution in [0.25, 0.3) is 17.4 Å². The Morgan fingerprint density at radius 1 is 1.19 bits per heavy atom. The van der Waals surface area contributed by atoms with Crippen molar-refractivity contribution in [1.82, 2.24) is 5.32 Å². The number of rotatable bonds is 6. The van der Waals surface area contributed by atoms with Gasteiger partial charge in [0.05, 0.1) is 23.8 Å². The minimum atomic E-state index is -0.538. The third-order valence-corrected chi connectivity index (χ3v) is 4.49. The van der Waals surface area contributed by atoms with E-state index in [-0.39, 0.29) is 16.5 Å². The van der Waals surface area contributed by atoms with Crippen LogP contribution >= 0.6 is 23.8 Å². The summed E-state index contributed by atoms with van der Waals surface area (Å²) in [4.78, 5) is 22.4. The first-order chi connectivity index (χ1) is 14.9. The molecule has 1 heterocycles. The number of nitro groups is 1. The van der Waals surface area contributed by atoms with E-state index in [2.05, 4.69) is 10.6 Å². The molecule has 0 aliphatic rings. The Labute approximate surface area is 187 Å². The second-order valence-corrected chi connectivity index (χ2v) is 6.97. The number of nitrogens with one attached hydrogen (secondary N) is 2. The van der Waals surface area contributed by atoms with Crippen molar-refractivity contribution in [1.29, 1.82) is 0 Å². The fraction of sp³-hybridized carbons (Fsp3) is 0.0476. The maximum absolute atomic E-state index is 12.1. The van der Waals surface area contributed by atoms with Gasteiger partial charge in [0.1, 0.15) is 17.3 Å². The van der Waals surface area contributed by atoms with Gasteiger partial charge in [-0.1, -0.05) is 11.6 Å². The number of amides is 1. The number of nitro benzene ring substituents is 1. The number of ether oxygens (including phenoxy) is 1. The molecule has 0 atom stereocenters. The number of nitrogens with zero attached hydrogens (tertiary/aromatic N) is 1. The van der Waals surface area contributed by atoms with Crippen LogP contribution in [0.4, 0.5) is 11.4 Å². The Hall–Kier alpha value is -3.69. The van der Waals surface area contributed by atoms with Gasteiger partial charge in [0.25, 0.3) is 5.69 Å². The summed E-state index contributed by atoms with van der Waals surface area (Å²) >= 11 is 11.0. The smallest absolute Gasteiger partial charge is 0.273 e. The van der Waals surface area contributed by atoms with E-state index < -0.39 is 10.8 Å². The number of halogens is 1. The lowest BCUT2D eigenvalue weighted by atomic mass is 10.2. The second kappa shape index (κ2) is 9.88. The number of benzene rings is 2. The number of hydrogen-bond acceptors (Lipinski definition) is 6. The van der Waals surface area contributed by atoms with E-state index in [0.29, 0.717) is 22.2 Å². The van der Waals surface area contributed by atoms with Crippen LogP contribution in [0.2, 0.25) is 5.02 Å². The minimum absolute atomic E-state index is 0.00287. The molecule has 0 spiro atoms. The quantitative estimate of drug-likeness (QED) is 0.231. The maximum atomic E-state index is 12.1. The standard InChI is InChI=1S/C21H16ClN3O5S/c1-29-19-12-15(25(27)28)6-9-17(19)23-21(31)24-20(26)11-8-16-7-10-18(30-16)13-2-4-14(22)5-3-13/h2-12H,1H3,(H2,23,24,26,31). The highest BCUT2D eigenvalue weighted by Gasteiger charge is 2.13. The first-order valence-electron chi connectivity index (χ1n) is 8.84. The van der Waals surface area contributed by atoms with E-state index in [1.807, 2.05) is 12.1 Å². The second-order valence-electron chi connectivity index (χ2n) is 6.13. The predicted octanol–water partition coefficient (Wildman–Crippen LogP) is 5.04. The van der Waals surface area contributed by atoms with E-state index in [4.69, 9.17) is 33.0 Å². The lowest BCUT2D eigenvalue weighted by molar-refractivity contribution is -0.384. The molecule has 1 amide bonds. The van der Waals surface area contributed by atoms with Gasteiger partial charge >= 0.3 is 0 Å². The molecule has 0 bridgehead atoms. The average Bonchev–Trinajstić information content (AvgIpc) is 3.22. The number of non-ortho nitro benzene ring substituents is 1. The summed E-state index contributed by atoms with van der Waals surface area (Å²) in [5.74, 6) is 0.852. The van der Waals surface area contributed by atoms with Gasteiger partial charge in [-0.15, -0.1) is 0 Å². The van der Waals surface area contributed by atoms with Crippen molar-refractivity contribution in [3.05, 3.63) is 81.6 Å². The maximum Gasteiger partial charge on any atom is 0.273 e. The molecule has 1 aromatic heterocycles. The molecule has 0 saturated heterocycles. The van der Waals surface area contributed by atoms with Gasteiger partial charge in [-0.25, -0.2) is 0 Å².